The van der Waals surface area contributed by atoms with Crippen LogP contribution in [0.2, 0.25) is 0 Å². The fourth-order valence-electron chi connectivity index (χ4n) is 4.12. The summed E-state index contributed by atoms with van der Waals surface area (Å²) < 4.78 is 11.2. The van der Waals surface area contributed by atoms with Crippen LogP contribution in [-0.2, 0) is 4.74 Å². The Kier molecular flexibility index (Phi) is 8.03. The summed E-state index contributed by atoms with van der Waals surface area (Å²) >= 11 is 0. The highest BCUT2D eigenvalue weighted by Crippen LogP contribution is 2.33. The Bertz CT molecular complexity index is 1080. The Morgan fingerprint density at radius 2 is 1.79 bits per heavy atom. The summed E-state index contributed by atoms with van der Waals surface area (Å²) in [5.74, 6) is 1.89. The first-order valence-corrected chi connectivity index (χ1v) is 12.1. The molecule has 0 saturated carbocycles. The Morgan fingerprint density at radius 1 is 1.03 bits per heavy atom. The molecule has 180 valence electrons. The van der Waals surface area contributed by atoms with E-state index in [9.17, 15) is 5.11 Å². The van der Waals surface area contributed by atoms with E-state index in [2.05, 4.69) is 28.4 Å². The van der Waals surface area contributed by atoms with Crippen LogP contribution in [0, 0.1) is 6.92 Å². The third kappa shape index (κ3) is 6.49. The Balaban J connectivity index is 1.56. The number of phenolic OH excluding ortho intramolecular Hbond substituents is 1. The van der Waals surface area contributed by atoms with Gasteiger partial charge >= 0.3 is 0 Å². The van der Waals surface area contributed by atoms with Crippen LogP contribution in [0.15, 0.2) is 54.6 Å². The second-order valence-corrected chi connectivity index (χ2v) is 9.07. The molecule has 0 radical (unpaired) electrons. The minimum absolute atomic E-state index is 0.135. The summed E-state index contributed by atoms with van der Waals surface area (Å²) in [6.45, 7) is 11.6. The van der Waals surface area contributed by atoms with Crippen molar-refractivity contribution in [2.75, 3.05) is 44.7 Å². The molecule has 4 rings (SSSR count). The van der Waals surface area contributed by atoms with Gasteiger partial charge < -0.3 is 19.9 Å². The van der Waals surface area contributed by atoms with Crippen molar-refractivity contribution in [2.24, 2.45) is 0 Å². The van der Waals surface area contributed by atoms with E-state index < -0.39 is 0 Å². The fourth-order valence-corrected chi connectivity index (χ4v) is 4.12. The van der Waals surface area contributed by atoms with Crippen LogP contribution in [0.3, 0.4) is 0 Å². The normalized spacial score (nSPS) is 14.4. The quantitative estimate of drug-likeness (QED) is 0.419. The van der Waals surface area contributed by atoms with Crippen molar-refractivity contribution in [2.45, 2.75) is 33.3 Å². The van der Waals surface area contributed by atoms with E-state index in [4.69, 9.17) is 14.5 Å². The molecule has 0 aliphatic carbocycles. The summed E-state index contributed by atoms with van der Waals surface area (Å²) in [4.78, 5) is 7.28. The number of benzene rings is 2. The van der Waals surface area contributed by atoms with Gasteiger partial charge in [0, 0.05) is 25.2 Å². The number of nitrogens with one attached hydrogen (secondary N) is 1. The Hall–Kier alpha value is -3.09. The third-order valence-corrected chi connectivity index (χ3v) is 5.87. The molecular formula is C28H35N3O3. The van der Waals surface area contributed by atoms with Gasteiger partial charge in [-0.3, -0.25) is 4.90 Å². The SMILES string of the molecule is Cc1ccc(O)c(-c2cc(-c3ccc(OC(C)C)cc3)cc(NCCCN3CCOCC3)n2)c1. The molecule has 1 saturated heterocycles. The standard InChI is InChI=1S/C28H35N3O3/c1-20(2)34-24-8-6-22(7-9-24)23-18-26(25-17-21(3)5-10-27(25)32)30-28(19-23)29-11-4-12-31-13-15-33-16-14-31/h5-10,17-20,32H,4,11-16H2,1-3H3,(H,29,30). The van der Waals surface area contributed by atoms with Crippen LogP contribution in [0.1, 0.15) is 25.8 Å². The number of pyridine rings is 1. The zero-order valence-electron chi connectivity index (χ0n) is 20.4. The van der Waals surface area contributed by atoms with Crippen LogP contribution in [0.5, 0.6) is 11.5 Å². The molecule has 2 heterocycles. The minimum atomic E-state index is 0.135. The van der Waals surface area contributed by atoms with E-state index in [1.54, 1.807) is 6.07 Å². The minimum Gasteiger partial charge on any atom is -0.507 e. The third-order valence-electron chi connectivity index (χ3n) is 5.87. The van der Waals surface area contributed by atoms with E-state index in [0.29, 0.717) is 0 Å². The summed E-state index contributed by atoms with van der Waals surface area (Å²) in [7, 11) is 0. The first kappa shape index (κ1) is 24.0. The van der Waals surface area contributed by atoms with Gasteiger partial charge in [-0.2, -0.15) is 0 Å². The second kappa shape index (κ2) is 11.4. The van der Waals surface area contributed by atoms with Gasteiger partial charge in [-0.25, -0.2) is 4.98 Å². The highest BCUT2D eigenvalue weighted by Gasteiger charge is 2.12. The fraction of sp³-hybridized carbons (Fsp3) is 0.393. The molecule has 0 unspecified atom stereocenters. The maximum absolute atomic E-state index is 10.5. The Morgan fingerprint density at radius 3 is 2.53 bits per heavy atom. The van der Waals surface area contributed by atoms with Crippen molar-refractivity contribution >= 4 is 5.82 Å². The summed E-state index contributed by atoms with van der Waals surface area (Å²) in [5.41, 5.74) is 4.67. The van der Waals surface area contributed by atoms with Crippen LogP contribution < -0.4 is 10.1 Å². The molecule has 1 aromatic heterocycles. The van der Waals surface area contributed by atoms with Crippen LogP contribution in [-0.4, -0.2) is 60.5 Å². The van der Waals surface area contributed by atoms with Gasteiger partial charge in [0.1, 0.15) is 17.3 Å². The molecule has 1 aliphatic heterocycles. The van der Waals surface area contributed by atoms with Crippen LogP contribution in [0.4, 0.5) is 5.82 Å². The lowest BCUT2D eigenvalue weighted by atomic mass is 10.0. The van der Waals surface area contributed by atoms with E-state index >= 15 is 0 Å². The highest BCUT2D eigenvalue weighted by atomic mass is 16.5. The largest absolute Gasteiger partial charge is 0.507 e. The van der Waals surface area contributed by atoms with Gasteiger partial charge in [-0.1, -0.05) is 23.8 Å². The predicted octanol–water partition coefficient (Wildman–Crippen LogP) is 5.35. The van der Waals surface area contributed by atoms with Crippen LogP contribution in [0.25, 0.3) is 22.4 Å². The number of morpholine rings is 1. The summed E-state index contributed by atoms with van der Waals surface area (Å²) in [5, 5.41) is 14.0. The average Bonchev–Trinajstić information content (AvgIpc) is 2.84. The molecule has 2 N–H and O–H groups in total. The molecule has 6 heteroatoms. The molecule has 1 aliphatic rings. The number of phenols is 1. The maximum Gasteiger partial charge on any atom is 0.127 e. The Labute approximate surface area is 202 Å². The molecule has 0 atom stereocenters. The van der Waals surface area contributed by atoms with E-state index in [0.717, 1.165) is 85.3 Å². The number of hydrogen-bond donors (Lipinski definition) is 2. The number of rotatable bonds is 9. The smallest absolute Gasteiger partial charge is 0.127 e. The summed E-state index contributed by atoms with van der Waals surface area (Å²) in [6.07, 6.45) is 1.16. The summed E-state index contributed by atoms with van der Waals surface area (Å²) in [6, 6.07) is 17.8. The number of hydrogen-bond acceptors (Lipinski definition) is 6. The first-order valence-electron chi connectivity index (χ1n) is 12.1. The predicted molar refractivity (Wildman–Crippen MR) is 138 cm³/mol. The van der Waals surface area contributed by atoms with Gasteiger partial charge in [0.05, 0.1) is 25.0 Å². The number of aromatic nitrogens is 1. The lowest BCUT2D eigenvalue weighted by molar-refractivity contribution is 0.0378. The van der Waals surface area contributed by atoms with Crippen molar-refractivity contribution in [1.29, 1.82) is 0 Å². The van der Waals surface area contributed by atoms with Crippen molar-refractivity contribution in [3.05, 3.63) is 60.2 Å². The molecule has 0 spiro atoms. The van der Waals surface area contributed by atoms with Gasteiger partial charge in [0.2, 0.25) is 0 Å². The van der Waals surface area contributed by atoms with Crippen molar-refractivity contribution in [3.63, 3.8) is 0 Å². The molecule has 3 aromatic rings. The number of aromatic hydroxyl groups is 1. The molecule has 34 heavy (non-hydrogen) atoms. The maximum atomic E-state index is 10.5. The molecule has 0 bridgehead atoms. The monoisotopic (exact) mass is 461 g/mol. The van der Waals surface area contributed by atoms with Gasteiger partial charge in [0.25, 0.3) is 0 Å². The van der Waals surface area contributed by atoms with Crippen molar-refractivity contribution in [1.82, 2.24) is 9.88 Å². The lowest BCUT2D eigenvalue weighted by Gasteiger charge is -2.26. The second-order valence-electron chi connectivity index (χ2n) is 9.07. The average molecular weight is 462 g/mol. The number of nitrogens with zero attached hydrogens (tertiary/aromatic N) is 2. The topological polar surface area (TPSA) is 66.9 Å². The van der Waals surface area contributed by atoms with Gasteiger partial charge in [-0.05, 0) is 81.3 Å². The number of aryl methyl sites for hydroxylation is 1. The van der Waals surface area contributed by atoms with Gasteiger partial charge in [0.15, 0.2) is 0 Å². The number of ether oxygens (including phenoxy) is 2. The van der Waals surface area contributed by atoms with Crippen LogP contribution >= 0.6 is 0 Å². The molecule has 6 nitrogen and oxygen atoms in total. The van der Waals surface area contributed by atoms with Crippen molar-refractivity contribution < 1.29 is 14.6 Å². The van der Waals surface area contributed by atoms with Gasteiger partial charge in [-0.15, -0.1) is 0 Å². The van der Waals surface area contributed by atoms with E-state index in [-0.39, 0.29) is 11.9 Å². The van der Waals surface area contributed by atoms with E-state index in [1.807, 2.05) is 51.1 Å². The number of anilines is 1. The zero-order valence-corrected chi connectivity index (χ0v) is 20.4. The first-order chi connectivity index (χ1) is 16.5. The molecule has 0 amide bonds. The zero-order chi connectivity index (χ0) is 23.9. The highest BCUT2D eigenvalue weighted by molar-refractivity contribution is 5.76. The lowest BCUT2D eigenvalue weighted by Crippen LogP contribution is -2.37. The molecule has 2 aromatic carbocycles. The van der Waals surface area contributed by atoms with E-state index in [1.165, 1.54) is 0 Å². The molecular weight excluding hydrogens is 426 g/mol. The van der Waals surface area contributed by atoms with Crippen molar-refractivity contribution in [3.8, 4) is 33.9 Å². The molecule has 1 fully saturated rings.